The lowest BCUT2D eigenvalue weighted by atomic mass is 10.5. The van der Waals surface area contributed by atoms with E-state index in [1.165, 1.54) is 0 Å². The number of aromatic nitrogens is 2. The highest BCUT2D eigenvalue weighted by Gasteiger charge is 1.94. The van der Waals surface area contributed by atoms with Crippen molar-refractivity contribution >= 4 is 5.65 Å². The molecular formula is C9H12N2O. The van der Waals surface area contributed by atoms with E-state index in [4.69, 9.17) is 5.11 Å². The molecule has 0 saturated heterocycles. The van der Waals surface area contributed by atoms with Crippen LogP contribution in [0.2, 0.25) is 0 Å². The van der Waals surface area contributed by atoms with E-state index in [9.17, 15) is 0 Å². The highest BCUT2D eigenvalue weighted by atomic mass is 16.3. The maximum absolute atomic E-state index is 8.92. The third-order valence-electron chi connectivity index (χ3n) is 1.35. The number of fused-ring (bicyclic) bond motifs is 1. The van der Waals surface area contributed by atoms with Crippen molar-refractivity contribution < 1.29 is 5.11 Å². The third-order valence-corrected chi connectivity index (χ3v) is 1.35. The van der Waals surface area contributed by atoms with Gasteiger partial charge in [-0.25, -0.2) is 0 Å². The molecule has 0 atom stereocenters. The number of pyridine rings is 1. The fourth-order valence-electron chi connectivity index (χ4n) is 0.921. The molecule has 0 fully saturated rings. The van der Waals surface area contributed by atoms with E-state index in [1.807, 2.05) is 38.2 Å². The molecule has 0 aliphatic rings. The zero-order chi connectivity index (χ0) is 8.97. The first-order valence-electron chi connectivity index (χ1n) is 3.99. The van der Waals surface area contributed by atoms with Gasteiger partial charge < -0.3 is 9.51 Å². The molecule has 2 rings (SSSR count). The van der Waals surface area contributed by atoms with Crippen LogP contribution in [-0.4, -0.2) is 14.5 Å². The van der Waals surface area contributed by atoms with Gasteiger partial charge in [-0.15, -0.1) is 0 Å². The Morgan fingerprint density at radius 1 is 1.33 bits per heavy atom. The molecule has 2 aromatic rings. The van der Waals surface area contributed by atoms with Crippen LogP contribution < -0.4 is 0 Å². The van der Waals surface area contributed by atoms with Crippen molar-refractivity contribution in [2.75, 3.05) is 0 Å². The standard InChI is InChI=1S/C7H6N2O.C2H6/c10-7-5-9-4-2-1-3-6(9)8-7;1-2/h1-5,10H;1-2H3. The van der Waals surface area contributed by atoms with Gasteiger partial charge in [0.15, 0.2) is 0 Å². The van der Waals surface area contributed by atoms with Crippen molar-refractivity contribution in [3.63, 3.8) is 0 Å². The highest BCUT2D eigenvalue weighted by Crippen LogP contribution is 2.07. The molecule has 3 heteroatoms. The minimum Gasteiger partial charge on any atom is -0.492 e. The Hall–Kier alpha value is -1.51. The van der Waals surface area contributed by atoms with Crippen molar-refractivity contribution in [1.82, 2.24) is 9.38 Å². The summed E-state index contributed by atoms with van der Waals surface area (Å²) >= 11 is 0. The van der Waals surface area contributed by atoms with Crippen molar-refractivity contribution in [3.05, 3.63) is 30.6 Å². The first-order chi connectivity index (χ1) is 5.86. The van der Waals surface area contributed by atoms with Gasteiger partial charge in [0.25, 0.3) is 0 Å². The molecule has 0 aliphatic heterocycles. The van der Waals surface area contributed by atoms with Crippen molar-refractivity contribution in [1.29, 1.82) is 0 Å². The number of aromatic hydroxyl groups is 1. The lowest BCUT2D eigenvalue weighted by molar-refractivity contribution is 0.457. The first-order valence-corrected chi connectivity index (χ1v) is 3.99. The van der Waals surface area contributed by atoms with Crippen molar-refractivity contribution in [2.45, 2.75) is 13.8 Å². The van der Waals surface area contributed by atoms with Crippen molar-refractivity contribution in [2.24, 2.45) is 0 Å². The molecule has 2 aromatic heterocycles. The topological polar surface area (TPSA) is 37.5 Å². The zero-order valence-corrected chi connectivity index (χ0v) is 7.23. The number of rotatable bonds is 0. The Labute approximate surface area is 71.3 Å². The van der Waals surface area contributed by atoms with Crippen LogP contribution in [-0.2, 0) is 0 Å². The molecule has 0 radical (unpaired) electrons. The number of hydrogen-bond acceptors (Lipinski definition) is 2. The largest absolute Gasteiger partial charge is 0.492 e. The number of nitrogens with zero attached hydrogens (tertiary/aromatic N) is 2. The van der Waals surface area contributed by atoms with Crippen LogP contribution in [0.4, 0.5) is 0 Å². The number of imidazole rings is 1. The Morgan fingerprint density at radius 3 is 2.75 bits per heavy atom. The predicted octanol–water partition coefficient (Wildman–Crippen LogP) is 2.07. The summed E-state index contributed by atoms with van der Waals surface area (Å²) in [5.41, 5.74) is 0.764. The molecule has 0 amide bonds. The second-order valence-corrected chi connectivity index (χ2v) is 2.07. The molecule has 2 heterocycles. The second kappa shape index (κ2) is 3.76. The van der Waals surface area contributed by atoms with Gasteiger partial charge in [0.1, 0.15) is 5.65 Å². The summed E-state index contributed by atoms with van der Waals surface area (Å²) in [6.45, 7) is 4.00. The predicted molar refractivity (Wildman–Crippen MR) is 48.2 cm³/mol. The molecule has 0 bridgehead atoms. The van der Waals surface area contributed by atoms with Crippen LogP contribution in [0.15, 0.2) is 30.6 Å². The van der Waals surface area contributed by atoms with Crippen LogP contribution in [0.5, 0.6) is 5.88 Å². The lowest BCUT2D eigenvalue weighted by Gasteiger charge is -1.86. The van der Waals surface area contributed by atoms with Gasteiger partial charge in [-0.05, 0) is 12.1 Å². The summed E-state index contributed by atoms with van der Waals surface area (Å²) in [6.07, 6.45) is 3.40. The van der Waals surface area contributed by atoms with E-state index in [0.29, 0.717) is 0 Å². The summed E-state index contributed by atoms with van der Waals surface area (Å²) < 4.78 is 1.76. The minimum atomic E-state index is 0.0613. The summed E-state index contributed by atoms with van der Waals surface area (Å²) in [6, 6.07) is 5.59. The Kier molecular flexibility index (Phi) is 2.69. The molecule has 0 unspecified atom stereocenters. The van der Waals surface area contributed by atoms with Gasteiger partial charge in [-0.3, -0.25) is 0 Å². The second-order valence-electron chi connectivity index (χ2n) is 2.07. The van der Waals surface area contributed by atoms with E-state index in [-0.39, 0.29) is 5.88 Å². The van der Waals surface area contributed by atoms with Gasteiger partial charge in [-0.2, -0.15) is 4.98 Å². The lowest BCUT2D eigenvalue weighted by Crippen LogP contribution is -1.77. The average Bonchev–Trinajstić information content (AvgIpc) is 2.48. The normalized spacial score (nSPS) is 9.17. The Balaban J connectivity index is 0.000000336. The van der Waals surface area contributed by atoms with E-state index in [0.717, 1.165) is 5.65 Å². The maximum Gasteiger partial charge on any atom is 0.230 e. The van der Waals surface area contributed by atoms with Crippen LogP contribution in [0.1, 0.15) is 13.8 Å². The first kappa shape index (κ1) is 8.59. The van der Waals surface area contributed by atoms with Gasteiger partial charge >= 0.3 is 0 Å². The third kappa shape index (κ3) is 1.56. The highest BCUT2D eigenvalue weighted by molar-refractivity contribution is 5.40. The van der Waals surface area contributed by atoms with Crippen molar-refractivity contribution in [3.8, 4) is 5.88 Å². The molecule has 1 N–H and O–H groups in total. The van der Waals surface area contributed by atoms with E-state index >= 15 is 0 Å². The molecule has 0 spiro atoms. The zero-order valence-electron chi connectivity index (χ0n) is 7.23. The summed E-state index contributed by atoms with van der Waals surface area (Å²) in [4.78, 5) is 3.83. The van der Waals surface area contributed by atoms with Crippen LogP contribution in [0, 0.1) is 0 Å². The maximum atomic E-state index is 8.92. The van der Waals surface area contributed by atoms with Gasteiger partial charge in [-0.1, -0.05) is 19.9 Å². The summed E-state index contributed by atoms with van der Waals surface area (Å²) in [5.74, 6) is 0.0613. The Bertz CT molecular complexity index is 321. The fourth-order valence-corrected chi connectivity index (χ4v) is 0.921. The quantitative estimate of drug-likeness (QED) is 0.647. The summed E-state index contributed by atoms with van der Waals surface area (Å²) in [5, 5.41) is 8.92. The van der Waals surface area contributed by atoms with Crippen LogP contribution in [0.3, 0.4) is 0 Å². The van der Waals surface area contributed by atoms with E-state index in [2.05, 4.69) is 4.98 Å². The SMILES string of the molecule is CC.Oc1cn2ccccc2n1. The smallest absolute Gasteiger partial charge is 0.230 e. The summed E-state index contributed by atoms with van der Waals surface area (Å²) in [7, 11) is 0. The number of hydrogen-bond donors (Lipinski definition) is 1. The minimum absolute atomic E-state index is 0.0613. The van der Waals surface area contributed by atoms with E-state index < -0.39 is 0 Å². The van der Waals surface area contributed by atoms with Crippen LogP contribution >= 0.6 is 0 Å². The van der Waals surface area contributed by atoms with E-state index in [1.54, 1.807) is 10.6 Å². The molecule has 0 aliphatic carbocycles. The van der Waals surface area contributed by atoms with Gasteiger partial charge in [0.2, 0.25) is 5.88 Å². The molecule has 64 valence electrons. The fraction of sp³-hybridized carbons (Fsp3) is 0.222. The monoisotopic (exact) mass is 164 g/mol. The van der Waals surface area contributed by atoms with Gasteiger partial charge in [0, 0.05) is 6.20 Å². The van der Waals surface area contributed by atoms with Gasteiger partial charge in [0.05, 0.1) is 6.20 Å². The molecular weight excluding hydrogens is 152 g/mol. The van der Waals surface area contributed by atoms with Crippen LogP contribution in [0.25, 0.3) is 5.65 Å². The average molecular weight is 164 g/mol. The molecule has 12 heavy (non-hydrogen) atoms. The molecule has 0 aromatic carbocycles. The molecule has 0 saturated carbocycles. The Morgan fingerprint density at radius 2 is 2.08 bits per heavy atom. The molecule has 3 nitrogen and oxygen atoms in total.